The summed E-state index contributed by atoms with van der Waals surface area (Å²) in [5.74, 6) is -0.427. The highest BCUT2D eigenvalue weighted by Gasteiger charge is 2.20. The van der Waals surface area contributed by atoms with Crippen LogP contribution < -0.4 is 4.90 Å². The summed E-state index contributed by atoms with van der Waals surface area (Å²) in [6, 6.07) is 8.31. The molecule has 0 saturated carbocycles. The summed E-state index contributed by atoms with van der Waals surface area (Å²) in [7, 11) is 0. The molecule has 1 rings (SSSR count). The van der Waals surface area contributed by atoms with Gasteiger partial charge < -0.3 is 5.11 Å². The van der Waals surface area contributed by atoms with Crippen molar-refractivity contribution in [2.45, 2.75) is 13.3 Å². The Labute approximate surface area is 81.8 Å². The normalized spacial score (nSPS) is 9.50. The molecule has 0 aliphatic heterocycles. The first-order chi connectivity index (χ1) is 6.66. The minimum atomic E-state index is -1.25. The van der Waals surface area contributed by atoms with E-state index in [1.807, 2.05) is 0 Å². The van der Waals surface area contributed by atoms with Crippen molar-refractivity contribution in [2.24, 2.45) is 0 Å². The van der Waals surface area contributed by atoms with Crippen molar-refractivity contribution in [1.82, 2.24) is 0 Å². The first kappa shape index (κ1) is 10.2. The SMILES string of the molecule is CCC(=O)N(C(=O)O)c1ccccc1. The maximum Gasteiger partial charge on any atom is 0.418 e. The second-order valence-electron chi connectivity index (χ2n) is 2.70. The molecular weight excluding hydrogens is 182 g/mol. The molecular formula is C10H11NO3. The van der Waals surface area contributed by atoms with Gasteiger partial charge in [0.1, 0.15) is 0 Å². The average molecular weight is 193 g/mol. The van der Waals surface area contributed by atoms with E-state index in [2.05, 4.69) is 0 Å². The molecule has 0 atom stereocenters. The van der Waals surface area contributed by atoms with Crippen molar-refractivity contribution in [3.63, 3.8) is 0 Å². The van der Waals surface area contributed by atoms with Crippen LogP contribution in [0.3, 0.4) is 0 Å². The van der Waals surface area contributed by atoms with Crippen molar-refractivity contribution in [2.75, 3.05) is 4.90 Å². The highest BCUT2D eigenvalue weighted by molar-refractivity contribution is 6.11. The van der Waals surface area contributed by atoms with Gasteiger partial charge >= 0.3 is 6.09 Å². The molecule has 4 heteroatoms. The van der Waals surface area contributed by atoms with Gasteiger partial charge in [0.05, 0.1) is 5.69 Å². The Morgan fingerprint density at radius 2 is 1.86 bits per heavy atom. The van der Waals surface area contributed by atoms with Gasteiger partial charge in [-0.2, -0.15) is 0 Å². The fourth-order valence-electron chi connectivity index (χ4n) is 1.10. The van der Waals surface area contributed by atoms with Gasteiger partial charge in [0.25, 0.3) is 0 Å². The fraction of sp³-hybridized carbons (Fsp3) is 0.200. The van der Waals surface area contributed by atoms with Crippen molar-refractivity contribution in [1.29, 1.82) is 0 Å². The molecule has 0 unspecified atom stereocenters. The van der Waals surface area contributed by atoms with Crippen LogP contribution >= 0.6 is 0 Å². The van der Waals surface area contributed by atoms with Gasteiger partial charge in [-0.15, -0.1) is 0 Å². The number of benzene rings is 1. The predicted molar refractivity (Wildman–Crippen MR) is 52.2 cm³/mol. The number of amides is 2. The molecule has 0 saturated heterocycles. The van der Waals surface area contributed by atoms with Crippen molar-refractivity contribution in [3.05, 3.63) is 30.3 Å². The zero-order valence-corrected chi connectivity index (χ0v) is 7.80. The molecule has 14 heavy (non-hydrogen) atoms. The smallest absolute Gasteiger partial charge is 0.418 e. The van der Waals surface area contributed by atoms with Crippen molar-refractivity contribution in [3.8, 4) is 0 Å². The maximum atomic E-state index is 11.3. The Morgan fingerprint density at radius 3 is 2.29 bits per heavy atom. The van der Waals surface area contributed by atoms with Crippen LogP contribution in [0.25, 0.3) is 0 Å². The van der Waals surface area contributed by atoms with Gasteiger partial charge in [0, 0.05) is 6.42 Å². The van der Waals surface area contributed by atoms with E-state index in [-0.39, 0.29) is 6.42 Å². The molecule has 0 fully saturated rings. The summed E-state index contributed by atoms with van der Waals surface area (Å²) in [5.41, 5.74) is 0.381. The summed E-state index contributed by atoms with van der Waals surface area (Å²) in [6.07, 6.45) is -1.08. The van der Waals surface area contributed by atoms with E-state index in [9.17, 15) is 9.59 Å². The zero-order chi connectivity index (χ0) is 10.6. The van der Waals surface area contributed by atoms with Crippen molar-refractivity contribution < 1.29 is 14.7 Å². The summed E-state index contributed by atoms with van der Waals surface area (Å²) in [6.45, 7) is 1.63. The minimum Gasteiger partial charge on any atom is -0.464 e. The quantitative estimate of drug-likeness (QED) is 0.782. The van der Waals surface area contributed by atoms with Crippen LogP contribution in [0.1, 0.15) is 13.3 Å². The molecule has 0 spiro atoms. The van der Waals surface area contributed by atoms with Crippen LogP contribution in [0, 0.1) is 0 Å². The summed E-state index contributed by atoms with van der Waals surface area (Å²) < 4.78 is 0. The Balaban J connectivity index is 3.01. The number of nitrogens with zero attached hydrogens (tertiary/aromatic N) is 1. The number of imide groups is 1. The summed E-state index contributed by atoms with van der Waals surface area (Å²) in [4.78, 5) is 22.9. The fourth-order valence-corrected chi connectivity index (χ4v) is 1.10. The van der Waals surface area contributed by atoms with Gasteiger partial charge in [-0.1, -0.05) is 25.1 Å². The monoisotopic (exact) mass is 193 g/mol. The molecule has 74 valence electrons. The molecule has 0 aliphatic carbocycles. The first-order valence-corrected chi connectivity index (χ1v) is 4.27. The number of carbonyl (C=O) groups is 2. The Kier molecular flexibility index (Phi) is 3.23. The Hall–Kier alpha value is -1.84. The van der Waals surface area contributed by atoms with E-state index in [4.69, 9.17) is 5.11 Å². The van der Waals surface area contributed by atoms with Crippen LogP contribution in [-0.4, -0.2) is 17.1 Å². The first-order valence-electron chi connectivity index (χ1n) is 4.27. The van der Waals surface area contributed by atoms with E-state index in [0.717, 1.165) is 4.90 Å². The Morgan fingerprint density at radius 1 is 1.29 bits per heavy atom. The average Bonchev–Trinajstić information content (AvgIpc) is 2.19. The highest BCUT2D eigenvalue weighted by atomic mass is 16.4. The molecule has 0 heterocycles. The number of anilines is 1. The molecule has 1 N–H and O–H groups in total. The van der Waals surface area contributed by atoms with Crippen LogP contribution in [0.2, 0.25) is 0 Å². The van der Waals surface area contributed by atoms with Gasteiger partial charge in [-0.25, -0.2) is 9.69 Å². The zero-order valence-electron chi connectivity index (χ0n) is 7.80. The third kappa shape index (κ3) is 2.10. The maximum absolute atomic E-state index is 11.3. The number of rotatable bonds is 2. The third-order valence-corrected chi connectivity index (χ3v) is 1.76. The van der Waals surface area contributed by atoms with Crippen LogP contribution in [0.15, 0.2) is 30.3 Å². The van der Waals surface area contributed by atoms with E-state index >= 15 is 0 Å². The molecule has 0 bridgehead atoms. The molecule has 0 aliphatic rings. The van der Waals surface area contributed by atoms with Crippen molar-refractivity contribution >= 4 is 17.7 Å². The van der Waals surface area contributed by atoms with Crippen LogP contribution in [0.5, 0.6) is 0 Å². The van der Waals surface area contributed by atoms with Gasteiger partial charge in [-0.3, -0.25) is 4.79 Å². The van der Waals surface area contributed by atoms with Crippen LogP contribution in [-0.2, 0) is 4.79 Å². The minimum absolute atomic E-state index is 0.168. The predicted octanol–water partition coefficient (Wildman–Crippen LogP) is 2.11. The lowest BCUT2D eigenvalue weighted by molar-refractivity contribution is -0.117. The largest absolute Gasteiger partial charge is 0.464 e. The molecule has 0 radical (unpaired) electrons. The highest BCUT2D eigenvalue weighted by Crippen LogP contribution is 2.14. The number of carboxylic acid groups (broad SMARTS) is 1. The number of hydrogen-bond acceptors (Lipinski definition) is 2. The van der Waals surface area contributed by atoms with Crippen LogP contribution in [0.4, 0.5) is 10.5 Å². The lowest BCUT2D eigenvalue weighted by Gasteiger charge is -2.15. The molecule has 2 amide bonds. The molecule has 0 aromatic heterocycles. The summed E-state index contributed by atoms with van der Waals surface area (Å²) >= 11 is 0. The van der Waals surface area contributed by atoms with Gasteiger partial charge in [0.2, 0.25) is 5.91 Å². The van der Waals surface area contributed by atoms with E-state index in [1.54, 1.807) is 37.3 Å². The lowest BCUT2D eigenvalue weighted by atomic mass is 10.3. The molecule has 1 aromatic carbocycles. The number of para-hydroxylation sites is 1. The lowest BCUT2D eigenvalue weighted by Crippen LogP contribution is -2.35. The Bertz CT molecular complexity index is 334. The van der Waals surface area contributed by atoms with E-state index in [0.29, 0.717) is 5.69 Å². The third-order valence-electron chi connectivity index (χ3n) is 1.76. The van der Waals surface area contributed by atoms with E-state index < -0.39 is 12.0 Å². The second kappa shape index (κ2) is 4.41. The second-order valence-corrected chi connectivity index (χ2v) is 2.70. The molecule has 1 aromatic rings. The number of carbonyl (C=O) groups excluding carboxylic acids is 1. The summed E-state index contributed by atoms with van der Waals surface area (Å²) in [5, 5.41) is 8.83. The number of hydrogen-bond donors (Lipinski definition) is 1. The van der Waals surface area contributed by atoms with Gasteiger partial charge in [-0.05, 0) is 12.1 Å². The molecule has 4 nitrogen and oxygen atoms in total. The van der Waals surface area contributed by atoms with Gasteiger partial charge in [0.15, 0.2) is 0 Å². The topological polar surface area (TPSA) is 57.6 Å². The van der Waals surface area contributed by atoms with E-state index in [1.165, 1.54) is 0 Å². The standard InChI is InChI=1S/C10H11NO3/c1-2-9(12)11(10(13)14)8-6-4-3-5-7-8/h3-7H,2H2,1H3,(H,13,14).